The zero-order valence-corrected chi connectivity index (χ0v) is 18.6. The number of ether oxygens (including phenoxy) is 1. The summed E-state index contributed by atoms with van der Waals surface area (Å²) >= 11 is 0. The van der Waals surface area contributed by atoms with Gasteiger partial charge in [0.15, 0.2) is 5.96 Å². The summed E-state index contributed by atoms with van der Waals surface area (Å²) in [5, 5.41) is 3.42. The first-order valence-corrected chi connectivity index (χ1v) is 8.89. The van der Waals surface area contributed by atoms with Crippen LogP contribution in [0.4, 0.5) is 0 Å². The van der Waals surface area contributed by atoms with Crippen molar-refractivity contribution in [2.75, 3.05) is 26.7 Å². The van der Waals surface area contributed by atoms with Crippen molar-refractivity contribution in [2.24, 2.45) is 10.4 Å². The normalized spacial score (nSPS) is 18.4. The van der Waals surface area contributed by atoms with E-state index in [1.165, 1.54) is 7.11 Å². The highest BCUT2D eigenvalue weighted by Gasteiger charge is 2.53. The molecule has 5 nitrogen and oxygen atoms in total. The third-order valence-corrected chi connectivity index (χ3v) is 5.25. The quantitative estimate of drug-likeness (QED) is 0.200. The second-order valence-corrected chi connectivity index (χ2v) is 7.51. The van der Waals surface area contributed by atoms with Gasteiger partial charge in [0.1, 0.15) is 0 Å². The lowest BCUT2D eigenvalue weighted by atomic mass is 9.65. The van der Waals surface area contributed by atoms with E-state index in [1.54, 1.807) is 0 Å². The van der Waals surface area contributed by atoms with E-state index in [0.29, 0.717) is 11.8 Å². The molecule has 24 heavy (non-hydrogen) atoms. The van der Waals surface area contributed by atoms with Gasteiger partial charge in [-0.25, -0.2) is 0 Å². The van der Waals surface area contributed by atoms with Crippen molar-refractivity contribution in [3.8, 4) is 0 Å². The number of carbonyl (C=O) groups excluding carboxylic acids is 1. The van der Waals surface area contributed by atoms with Gasteiger partial charge >= 0.3 is 5.97 Å². The van der Waals surface area contributed by atoms with Gasteiger partial charge in [-0.3, -0.25) is 9.79 Å². The highest BCUT2D eigenvalue weighted by atomic mass is 127. The molecule has 1 aliphatic rings. The molecule has 1 N–H and O–H groups in total. The third-order valence-electron chi connectivity index (χ3n) is 5.25. The maximum atomic E-state index is 11.0. The Hall–Kier alpha value is -0.530. The summed E-state index contributed by atoms with van der Waals surface area (Å²) in [6, 6.07) is 0. The van der Waals surface area contributed by atoms with Crippen LogP contribution >= 0.6 is 24.0 Å². The van der Waals surface area contributed by atoms with Crippen LogP contribution in [0.25, 0.3) is 0 Å². The van der Waals surface area contributed by atoms with Gasteiger partial charge in [-0.2, -0.15) is 0 Å². The first-order chi connectivity index (χ1) is 10.8. The Balaban J connectivity index is 0.00000529. The number of esters is 1. The summed E-state index contributed by atoms with van der Waals surface area (Å²) in [4.78, 5) is 18.2. The monoisotopic (exact) mass is 453 g/mol. The largest absolute Gasteiger partial charge is 0.469 e. The van der Waals surface area contributed by atoms with Crippen molar-refractivity contribution in [1.29, 1.82) is 0 Å². The standard InChI is InChI=1S/C18H35N3O2.HI/c1-7-19-16(21-14-17(2,3)18(21,4)5)20-13-11-9-8-10-12-15(22)23-6;/h7-14H2,1-6H3,(H,19,20);1H. The molecule has 0 amide bonds. The van der Waals surface area contributed by atoms with Gasteiger partial charge in [0.25, 0.3) is 0 Å². The Morgan fingerprint density at radius 2 is 1.79 bits per heavy atom. The fraction of sp³-hybridized carbons (Fsp3) is 0.889. The highest BCUT2D eigenvalue weighted by Crippen LogP contribution is 2.46. The number of hydrogen-bond donors (Lipinski definition) is 1. The minimum Gasteiger partial charge on any atom is -0.469 e. The van der Waals surface area contributed by atoms with Crippen LogP contribution in [0.2, 0.25) is 0 Å². The summed E-state index contributed by atoms with van der Waals surface area (Å²) in [5.41, 5.74) is 0.450. The molecule has 1 fully saturated rings. The first-order valence-electron chi connectivity index (χ1n) is 8.89. The van der Waals surface area contributed by atoms with Gasteiger partial charge in [-0.15, -0.1) is 24.0 Å². The van der Waals surface area contributed by atoms with E-state index in [4.69, 9.17) is 4.99 Å². The average molecular weight is 453 g/mol. The first kappa shape index (κ1) is 23.5. The fourth-order valence-corrected chi connectivity index (χ4v) is 2.82. The predicted octanol–water partition coefficient (Wildman–Crippen LogP) is 3.81. The summed E-state index contributed by atoms with van der Waals surface area (Å²) < 4.78 is 4.64. The van der Waals surface area contributed by atoms with Gasteiger partial charge in [-0.1, -0.05) is 26.7 Å². The van der Waals surface area contributed by atoms with Crippen LogP contribution in [-0.2, 0) is 9.53 Å². The molecule has 0 saturated carbocycles. The molecule has 0 aromatic carbocycles. The van der Waals surface area contributed by atoms with Crippen LogP contribution in [0.15, 0.2) is 4.99 Å². The topological polar surface area (TPSA) is 53.9 Å². The summed E-state index contributed by atoms with van der Waals surface area (Å²) in [6.07, 6.45) is 4.66. The van der Waals surface area contributed by atoms with Crippen LogP contribution in [-0.4, -0.2) is 49.1 Å². The molecule has 1 heterocycles. The number of rotatable bonds is 8. The van der Waals surface area contributed by atoms with Crippen LogP contribution in [0.3, 0.4) is 0 Å². The number of unbranched alkanes of at least 4 members (excludes halogenated alkanes) is 3. The zero-order valence-electron chi connectivity index (χ0n) is 16.3. The molecule has 0 aromatic heterocycles. The van der Waals surface area contributed by atoms with Crippen LogP contribution in [0, 0.1) is 5.41 Å². The summed E-state index contributed by atoms with van der Waals surface area (Å²) in [5.74, 6) is 0.923. The maximum absolute atomic E-state index is 11.0. The molecule has 1 saturated heterocycles. The molecule has 1 rings (SSSR count). The van der Waals surface area contributed by atoms with Crippen molar-refractivity contribution in [3.05, 3.63) is 0 Å². The van der Waals surface area contributed by atoms with Gasteiger partial charge in [0.2, 0.25) is 0 Å². The molecular formula is C18H36IN3O2. The Morgan fingerprint density at radius 1 is 1.17 bits per heavy atom. The van der Waals surface area contributed by atoms with E-state index in [2.05, 4.69) is 49.6 Å². The molecule has 0 aliphatic carbocycles. The number of hydrogen-bond acceptors (Lipinski definition) is 3. The van der Waals surface area contributed by atoms with Crippen molar-refractivity contribution in [1.82, 2.24) is 10.2 Å². The van der Waals surface area contributed by atoms with Gasteiger partial charge in [0, 0.05) is 37.0 Å². The second-order valence-electron chi connectivity index (χ2n) is 7.51. The van der Waals surface area contributed by atoms with E-state index >= 15 is 0 Å². The van der Waals surface area contributed by atoms with Gasteiger partial charge < -0.3 is 15.0 Å². The SMILES string of the molecule is CCNC(=NCCCCCCC(=O)OC)N1CC(C)(C)C1(C)C.I. The number of aliphatic imine (C=N–C) groups is 1. The minimum absolute atomic E-state index is 0. The van der Waals surface area contributed by atoms with E-state index in [9.17, 15) is 4.79 Å². The number of nitrogens with one attached hydrogen (secondary N) is 1. The zero-order chi connectivity index (χ0) is 17.5. The highest BCUT2D eigenvalue weighted by molar-refractivity contribution is 14.0. The molecule has 0 unspecified atom stereocenters. The molecule has 6 heteroatoms. The number of carbonyl (C=O) groups is 1. The van der Waals surface area contributed by atoms with Crippen molar-refractivity contribution >= 4 is 35.9 Å². The lowest BCUT2D eigenvalue weighted by molar-refractivity contribution is -0.140. The van der Waals surface area contributed by atoms with Crippen molar-refractivity contribution in [3.63, 3.8) is 0 Å². The molecule has 142 valence electrons. The second kappa shape index (κ2) is 10.5. The maximum Gasteiger partial charge on any atom is 0.305 e. The predicted molar refractivity (Wildman–Crippen MR) is 111 cm³/mol. The number of methoxy groups -OCH3 is 1. The van der Waals surface area contributed by atoms with Crippen LogP contribution in [0.1, 0.15) is 66.7 Å². The van der Waals surface area contributed by atoms with Crippen molar-refractivity contribution in [2.45, 2.75) is 72.3 Å². The van der Waals surface area contributed by atoms with Gasteiger partial charge in [0.05, 0.1) is 7.11 Å². The van der Waals surface area contributed by atoms with Crippen LogP contribution < -0.4 is 5.32 Å². The third kappa shape index (κ3) is 6.08. The number of likely N-dealkylation sites (tertiary alicyclic amines) is 1. The molecular weight excluding hydrogens is 417 g/mol. The van der Waals surface area contributed by atoms with E-state index in [1.807, 2.05) is 0 Å². The summed E-state index contributed by atoms with van der Waals surface area (Å²) in [7, 11) is 1.44. The Bertz CT molecular complexity index is 422. The smallest absolute Gasteiger partial charge is 0.305 e. The van der Waals surface area contributed by atoms with E-state index in [-0.39, 0.29) is 35.5 Å². The molecule has 0 aromatic rings. The van der Waals surface area contributed by atoms with E-state index in [0.717, 1.165) is 51.3 Å². The molecule has 0 radical (unpaired) electrons. The Labute approximate surface area is 165 Å². The lowest BCUT2D eigenvalue weighted by Gasteiger charge is -2.62. The summed E-state index contributed by atoms with van der Waals surface area (Å²) in [6.45, 7) is 14.1. The van der Waals surface area contributed by atoms with Crippen molar-refractivity contribution < 1.29 is 9.53 Å². The number of halogens is 1. The van der Waals surface area contributed by atoms with Crippen LogP contribution in [0.5, 0.6) is 0 Å². The van der Waals surface area contributed by atoms with Gasteiger partial charge in [-0.05, 0) is 33.6 Å². The lowest BCUT2D eigenvalue weighted by Crippen LogP contribution is -2.72. The van der Waals surface area contributed by atoms with E-state index < -0.39 is 0 Å². The number of guanidine groups is 1. The molecule has 1 aliphatic heterocycles. The fourth-order valence-electron chi connectivity index (χ4n) is 2.82. The molecule has 0 bridgehead atoms. The molecule has 0 spiro atoms. The Morgan fingerprint density at radius 3 is 2.29 bits per heavy atom. The molecule has 0 atom stereocenters. The Kier molecular flexibility index (Phi) is 10.2. The minimum atomic E-state index is -0.111. The average Bonchev–Trinajstić information content (AvgIpc) is 2.50. The number of nitrogens with zero attached hydrogens (tertiary/aromatic N) is 2.